The molecule has 1 aliphatic rings. The first-order valence-corrected chi connectivity index (χ1v) is 8.28. The van der Waals surface area contributed by atoms with E-state index in [1.165, 1.54) is 19.3 Å². The first kappa shape index (κ1) is 17.4. The lowest BCUT2D eigenvalue weighted by atomic mass is 9.98. The van der Waals surface area contributed by atoms with Gasteiger partial charge >= 0.3 is 0 Å². The van der Waals surface area contributed by atoms with Gasteiger partial charge < -0.3 is 15.4 Å². The molecule has 23 heavy (non-hydrogen) atoms. The molecule has 1 aliphatic carbocycles. The smallest absolute Gasteiger partial charge is 0.246 e. The van der Waals surface area contributed by atoms with E-state index in [-0.39, 0.29) is 30.9 Å². The van der Waals surface area contributed by atoms with Crippen LogP contribution in [0.4, 0.5) is 0 Å². The molecular weight excluding hydrogens is 294 g/mol. The zero-order valence-corrected chi connectivity index (χ0v) is 13.4. The van der Waals surface area contributed by atoms with Crippen LogP contribution in [0.3, 0.4) is 0 Å². The second-order valence-corrected chi connectivity index (χ2v) is 5.80. The van der Waals surface area contributed by atoms with Crippen LogP contribution in [0, 0.1) is 0 Å². The molecule has 0 atom stereocenters. The largest absolute Gasteiger partial charge is 0.368 e. The van der Waals surface area contributed by atoms with E-state index >= 15 is 0 Å². The molecule has 126 valence electrons. The molecule has 0 saturated heterocycles. The van der Waals surface area contributed by atoms with Crippen molar-refractivity contribution in [2.24, 2.45) is 0 Å². The van der Waals surface area contributed by atoms with Gasteiger partial charge in [0, 0.05) is 31.9 Å². The average molecular weight is 319 g/mol. The minimum atomic E-state index is -0.155. The van der Waals surface area contributed by atoms with Crippen molar-refractivity contribution in [3.05, 3.63) is 30.1 Å². The van der Waals surface area contributed by atoms with E-state index in [0.29, 0.717) is 13.1 Å². The molecule has 6 heteroatoms. The first-order chi connectivity index (χ1) is 11.2. The number of carbonyl (C=O) groups is 2. The van der Waals surface area contributed by atoms with Crippen LogP contribution in [0.2, 0.25) is 0 Å². The summed E-state index contributed by atoms with van der Waals surface area (Å²) in [6, 6.07) is 3.70. The molecule has 0 unspecified atom stereocenters. The van der Waals surface area contributed by atoms with Gasteiger partial charge in [-0.05, 0) is 30.5 Å². The zero-order chi connectivity index (χ0) is 16.3. The summed E-state index contributed by atoms with van der Waals surface area (Å²) in [4.78, 5) is 27.3. The Morgan fingerprint density at radius 2 is 1.83 bits per heavy atom. The van der Waals surface area contributed by atoms with E-state index in [1.54, 1.807) is 12.4 Å². The Morgan fingerprint density at radius 1 is 1.09 bits per heavy atom. The molecule has 0 spiro atoms. The number of pyridine rings is 1. The van der Waals surface area contributed by atoms with Crippen LogP contribution in [0.25, 0.3) is 0 Å². The first-order valence-electron chi connectivity index (χ1n) is 8.28. The lowest BCUT2D eigenvalue weighted by Crippen LogP contribution is -2.33. The summed E-state index contributed by atoms with van der Waals surface area (Å²) in [5, 5.41) is 5.52. The predicted octanol–water partition coefficient (Wildman–Crippen LogP) is 1.55. The summed E-state index contributed by atoms with van der Waals surface area (Å²) in [5.41, 5.74) is 0.998. The zero-order valence-electron chi connectivity index (χ0n) is 13.4. The fraction of sp³-hybridized carbons (Fsp3) is 0.588. The second-order valence-electron chi connectivity index (χ2n) is 5.80. The van der Waals surface area contributed by atoms with E-state index in [9.17, 15) is 9.59 Å². The van der Waals surface area contributed by atoms with Gasteiger partial charge in [-0.1, -0.05) is 19.3 Å². The molecular formula is C17H25N3O3. The Hall–Kier alpha value is -1.95. The molecule has 1 saturated carbocycles. The van der Waals surface area contributed by atoms with Crippen molar-refractivity contribution in [1.29, 1.82) is 0 Å². The fourth-order valence-electron chi connectivity index (χ4n) is 2.58. The maximum absolute atomic E-state index is 11.7. The van der Waals surface area contributed by atoms with Crippen LogP contribution in [0.1, 0.15) is 44.1 Å². The van der Waals surface area contributed by atoms with E-state index in [2.05, 4.69) is 15.6 Å². The van der Waals surface area contributed by atoms with Gasteiger partial charge in [0.05, 0.1) is 6.10 Å². The van der Waals surface area contributed by atoms with Gasteiger partial charge in [-0.3, -0.25) is 14.6 Å². The highest BCUT2D eigenvalue weighted by Crippen LogP contribution is 2.19. The van der Waals surface area contributed by atoms with Crippen LogP contribution in [-0.2, 0) is 20.9 Å². The second kappa shape index (κ2) is 9.94. The Morgan fingerprint density at radius 3 is 2.57 bits per heavy atom. The van der Waals surface area contributed by atoms with E-state index < -0.39 is 0 Å². The highest BCUT2D eigenvalue weighted by atomic mass is 16.5. The number of amides is 2. The normalized spacial score (nSPS) is 15.1. The number of rotatable bonds is 8. The fourth-order valence-corrected chi connectivity index (χ4v) is 2.58. The quantitative estimate of drug-likeness (QED) is 0.762. The molecule has 0 aliphatic heterocycles. The van der Waals surface area contributed by atoms with E-state index in [1.807, 2.05) is 12.1 Å². The SMILES string of the molecule is O=C(CCNC(=O)COC1CCCCC1)NCc1ccncc1. The molecule has 1 heterocycles. The lowest BCUT2D eigenvalue weighted by molar-refractivity contribution is -0.128. The molecule has 2 N–H and O–H groups in total. The standard InChI is InChI=1S/C17H25N3O3/c21-16(20-12-14-6-9-18-10-7-14)8-11-19-17(22)13-23-15-4-2-1-3-5-15/h6-7,9-10,15H,1-5,8,11-13H2,(H,19,22)(H,20,21). The molecule has 2 rings (SSSR count). The maximum atomic E-state index is 11.7. The number of carbonyl (C=O) groups excluding carboxylic acids is 2. The molecule has 1 aromatic rings. The number of nitrogens with one attached hydrogen (secondary N) is 2. The maximum Gasteiger partial charge on any atom is 0.246 e. The van der Waals surface area contributed by atoms with Crippen LogP contribution >= 0.6 is 0 Å². The van der Waals surface area contributed by atoms with Gasteiger partial charge in [0.25, 0.3) is 0 Å². The summed E-state index contributed by atoms with van der Waals surface area (Å²) < 4.78 is 5.59. The predicted molar refractivity (Wildman–Crippen MR) is 86.5 cm³/mol. The molecule has 0 aromatic carbocycles. The van der Waals surface area contributed by atoms with Crippen molar-refractivity contribution >= 4 is 11.8 Å². The molecule has 1 aromatic heterocycles. The molecule has 0 bridgehead atoms. The number of ether oxygens (including phenoxy) is 1. The van der Waals surface area contributed by atoms with Crippen LogP contribution < -0.4 is 10.6 Å². The Kier molecular flexibility index (Phi) is 7.52. The Balaban J connectivity index is 1.51. The highest BCUT2D eigenvalue weighted by Gasteiger charge is 2.15. The molecule has 6 nitrogen and oxygen atoms in total. The van der Waals surface area contributed by atoms with Crippen LogP contribution in [0.5, 0.6) is 0 Å². The van der Waals surface area contributed by atoms with Crippen molar-refractivity contribution in [3.8, 4) is 0 Å². The van der Waals surface area contributed by atoms with Gasteiger partial charge in [-0.2, -0.15) is 0 Å². The van der Waals surface area contributed by atoms with Gasteiger partial charge in [0.15, 0.2) is 0 Å². The molecule has 1 fully saturated rings. The van der Waals surface area contributed by atoms with Crippen molar-refractivity contribution in [2.75, 3.05) is 13.2 Å². The molecule has 2 amide bonds. The summed E-state index contributed by atoms with van der Waals surface area (Å²) in [5.74, 6) is -0.243. The third-order valence-corrected chi connectivity index (χ3v) is 3.92. The summed E-state index contributed by atoms with van der Waals surface area (Å²) >= 11 is 0. The number of hydrogen-bond donors (Lipinski definition) is 2. The third kappa shape index (κ3) is 7.23. The van der Waals surface area contributed by atoms with Crippen LogP contribution in [-0.4, -0.2) is 36.1 Å². The minimum Gasteiger partial charge on any atom is -0.368 e. The summed E-state index contributed by atoms with van der Waals surface area (Å²) in [6.45, 7) is 0.887. The Labute approximate surface area is 137 Å². The summed E-state index contributed by atoms with van der Waals surface area (Å²) in [7, 11) is 0. The topological polar surface area (TPSA) is 80.3 Å². The minimum absolute atomic E-state index is 0.0866. The number of nitrogens with zero attached hydrogens (tertiary/aromatic N) is 1. The van der Waals surface area contributed by atoms with Gasteiger partial charge in [0.2, 0.25) is 11.8 Å². The van der Waals surface area contributed by atoms with Gasteiger partial charge in [-0.25, -0.2) is 0 Å². The van der Waals surface area contributed by atoms with Gasteiger partial charge in [-0.15, -0.1) is 0 Å². The Bertz CT molecular complexity index is 487. The van der Waals surface area contributed by atoms with E-state index in [0.717, 1.165) is 18.4 Å². The number of aromatic nitrogens is 1. The van der Waals surface area contributed by atoms with Gasteiger partial charge in [0.1, 0.15) is 6.61 Å². The van der Waals surface area contributed by atoms with Crippen molar-refractivity contribution < 1.29 is 14.3 Å². The van der Waals surface area contributed by atoms with E-state index in [4.69, 9.17) is 4.74 Å². The van der Waals surface area contributed by atoms with Crippen molar-refractivity contribution in [2.45, 2.75) is 51.2 Å². The third-order valence-electron chi connectivity index (χ3n) is 3.92. The van der Waals surface area contributed by atoms with Crippen molar-refractivity contribution in [3.63, 3.8) is 0 Å². The summed E-state index contributed by atoms with van der Waals surface area (Å²) in [6.07, 6.45) is 9.59. The lowest BCUT2D eigenvalue weighted by Gasteiger charge is -2.21. The highest BCUT2D eigenvalue weighted by molar-refractivity contribution is 5.79. The molecule has 0 radical (unpaired) electrons. The monoisotopic (exact) mass is 319 g/mol. The average Bonchev–Trinajstić information content (AvgIpc) is 2.60. The van der Waals surface area contributed by atoms with Crippen molar-refractivity contribution in [1.82, 2.24) is 15.6 Å². The number of hydrogen-bond acceptors (Lipinski definition) is 4. The van der Waals surface area contributed by atoms with Crippen LogP contribution in [0.15, 0.2) is 24.5 Å².